The minimum atomic E-state index is -0.379. The van der Waals surface area contributed by atoms with Crippen LogP contribution in [0.5, 0.6) is 5.75 Å². The highest BCUT2D eigenvalue weighted by atomic mass is 79.9. The fourth-order valence-corrected chi connectivity index (χ4v) is 4.60. The van der Waals surface area contributed by atoms with E-state index in [2.05, 4.69) is 26.6 Å². The summed E-state index contributed by atoms with van der Waals surface area (Å²) in [5.41, 5.74) is 2.37. The van der Waals surface area contributed by atoms with Gasteiger partial charge in [0.2, 0.25) is 11.8 Å². The van der Waals surface area contributed by atoms with Crippen LogP contribution in [-0.2, 0) is 19.1 Å². The van der Waals surface area contributed by atoms with Gasteiger partial charge in [-0.05, 0) is 67.8 Å². The third-order valence-electron chi connectivity index (χ3n) is 6.00. The number of anilines is 2. The van der Waals surface area contributed by atoms with Gasteiger partial charge in [-0.25, -0.2) is 0 Å². The average Bonchev–Trinajstić information content (AvgIpc) is 3.48. The van der Waals surface area contributed by atoms with Crippen molar-refractivity contribution >= 4 is 45.0 Å². The quantitative estimate of drug-likeness (QED) is 0.546. The molecule has 0 aromatic heterocycles. The van der Waals surface area contributed by atoms with Gasteiger partial charge >= 0.3 is 0 Å². The molecule has 0 aliphatic carbocycles. The number of carbonyl (C=O) groups excluding carboxylic acids is 3. The van der Waals surface area contributed by atoms with E-state index in [1.165, 1.54) is 0 Å². The maximum absolute atomic E-state index is 12.5. The van der Waals surface area contributed by atoms with E-state index in [-0.39, 0.29) is 42.8 Å². The van der Waals surface area contributed by atoms with Gasteiger partial charge in [0, 0.05) is 42.0 Å². The highest BCUT2D eigenvalue weighted by molar-refractivity contribution is 9.10. The maximum atomic E-state index is 12.5. The van der Waals surface area contributed by atoms with Gasteiger partial charge in [0.15, 0.2) is 6.61 Å². The number of amides is 3. The molecule has 180 valence electrons. The summed E-state index contributed by atoms with van der Waals surface area (Å²) >= 11 is 3.40. The Morgan fingerprint density at radius 2 is 2.00 bits per heavy atom. The van der Waals surface area contributed by atoms with Crippen LogP contribution in [0.3, 0.4) is 0 Å². The average molecular weight is 530 g/mol. The second-order valence-electron chi connectivity index (χ2n) is 8.58. The molecule has 2 aliphatic heterocycles. The molecule has 2 heterocycles. The maximum Gasteiger partial charge on any atom is 0.262 e. The summed E-state index contributed by atoms with van der Waals surface area (Å²) in [4.78, 5) is 38.8. The highest BCUT2D eigenvalue weighted by Crippen LogP contribution is 2.27. The first-order valence-corrected chi connectivity index (χ1v) is 12.2. The number of nitrogens with one attached hydrogen (secondary N) is 2. The summed E-state index contributed by atoms with van der Waals surface area (Å²) in [6.45, 7) is 3.35. The predicted molar refractivity (Wildman–Crippen MR) is 132 cm³/mol. The van der Waals surface area contributed by atoms with E-state index in [0.29, 0.717) is 24.5 Å². The van der Waals surface area contributed by atoms with E-state index >= 15 is 0 Å². The van der Waals surface area contributed by atoms with Crippen LogP contribution in [0, 0.1) is 12.8 Å². The highest BCUT2D eigenvalue weighted by Gasteiger charge is 2.35. The fourth-order valence-electron chi connectivity index (χ4n) is 4.12. The molecule has 8 nitrogen and oxygen atoms in total. The number of benzene rings is 2. The van der Waals surface area contributed by atoms with Crippen LogP contribution in [0.25, 0.3) is 0 Å². The van der Waals surface area contributed by atoms with E-state index in [1.54, 1.807) is 29.2 Å². The third-order valence-corrected chi connectivity index (χ3v) is 6.50. The number of hydrogen-bond donors (Lipinski definition) is 2. The Labute approximate surface area is 207 Å². The first kappa shape index (κ1) is 24.2. The zero-order valence-corrected chi connectivity index (χ0v) is 20.6. The molecule has 0 bridgehead atoms. The largest absolute Gasteiger partial charge is 0.484 e. The molecule has 2 fully saturated rings. The summed E-state index contributed by atoms with van der Waals surface area (Å²) in [5, 5.41) is 5.75. The SMILES string of the molecule is Cc1cc(Br)ccc1NC(=O)COc1ccc(N2C[C@H](C(=O)NC[C@H]3CCCO3)CC2=O)cc1. The molecular formula is C25H28BrN3O5. The molecule has 2 saturated heterocycles. The Morgan fingerprint density at radius 3 is 2.71 bits per heavy atom. The Kier molecular flexibility index (Phi) is 7.84. The van der Waals surface area contributed by atoms with Crippen LogP contribution in [-0.4, -0.2) is 50.1 Å². The van der Waals surface area contributed by atoms with Gasteiger partial charge in [0.25, 0.3) is 5.91 Å². The number of nitrogens with zero attached hydrogens (tertiary/aromatic N) is 1. The van der Waals surface area contributed by atoms with Gasteiger partial charge in [-0.1, -0.05) is 15.9 Å². The molecule has 3 amide bonds. The molecule has 0 saturated carbocycles. The number of ether oxygens (including phenoxy) is 2. The molecule has 2 N–H and O–H groups in total. The van der Waals surface area contributed by atoms with Crippen LogP contribution in [0.1, 0.15) is 24.8 Å². The van der Waals surface area contributed by atoms with Crippen molar-refractivity contribution in [3.05, 3.63) is 52.5 Å². The van der Waals surface area contributed by atoms with Gasteiger partial charge < -0.3 is 25.0 Å². The molecular weight excluding hydrogens is 502 g/mol. The first-order valence-electron chi connectivity index (χ1n) is 11.4. The number of carbonyl (C=O) groups is 3. The Bertz CT molecular complexity index is 1050. The minimum absolute atomic E-state index is 0.0747. The van der Waals surface area contributed by atoms with Crippen molar-refractivity contribution in [1.82, 2.24) is 5.32 Å². The van der Waals surface area contributed by atoms with Crippen molar-refractivity contribution in [2.75, 3.05) is 36.5 Å². The normalized spacial score (nSPS) is 19.8. The zero-order chi connectivity index (χ0) is 24.1. The van der Waals surface area contributed by atoms with E-state index in [1.807, 2.05) is 25.1 Å². The zero-order valence-electron chi connectivity index (χ0n) is 19.0. The van der Waals surface area contributed by atoms with Gasteiger partial charge in [-0.3, -0.25) is 14.4 Å². The van der Waals surface area contributed by atoms with Crippen molar-refractivity contribution in [3.8, 4) is 5.75 Å². The smallest absolute Gasteiger partial charge is 0.262 e. The van der Waals surface area contributed by atoms with Gasteiger partial charge in [-0.2, -0.15) is 0 Å². The van der Waals surface area contributed by atoms with Gasteiger partial charge in [0.05, 0.1) is 12.0 Å². The van der Waals surface area contributed by atoms with Crippen molar-refractivity contribution in [2.24, 2.45) is 5.92 Å². The molecule has 2 aromatic rings. The van der Waals surface area contributed by atoms with Crippen molar-refractivity contribution in [3.63, 3.8) is 0 Å². The minimum Gasteiger partial charge on any atom is -0.484 e. The Balaban J connectivity index is 1.26. The predicted octanol–water partition coefficient (Wildman–Crippen LogP) is 3.42. The lowest BCUT2D eigenvalue weighted by Gasteiger charge is -2.18. The molecule has 2 aliphatic rings. The summed E-state index contributed by atoms with van der Waals surface area (Å²) < 4.78 is 12.1. The Morgan fingerprint density at radius 1 is 1.21 bits per heavy atom. The topological polar surface area (TPSA) is 97.0 Å². The van der Waals surface area contributed by atoms with Gasteiger partial charge in [-0.15, -0.1) is 0 Å². The van der Waals surface area contributed by atoms with E-state index in [4.69, 9.17) is 9.47 Å². The molecule has 2 atom stereocenters. The van der Waals surface area contributed by atoms with Crippen LogP contribution in [0.15, 0.2) is 46.9 Å². The second-order valence-corrected chi connectivity index (χ2v) is 9.49. The van der Waals surface area contributed by atoms with Crippen LogP contribution in [0.2, 0.25) is 0 Å². The summed E-state index contributed by atoms with van der Waals surface area (Å²) in [6, 6.07) is 12.6. The monoisotopic (exact) mass is 529 g/mol. The third kappa shape index (κ3) is 6.15. The number of halogens is 1. The first-order chi connectivity index (χ1) is 16.4. The fraction of sp³-hybridized carbons (Fsp3) is 0.400. The molecule has 9 heteroatoms. The lowest BCUT2D eigenvalue weighted by atomic mass is 10.1. The summed E-state index contributed by atoms with van der Waals surface area (Å²) in [7, 11) is 0. The van der Waals surface area contributed by atoms with E-state index in [0.717, 1.165) is 35.2 Å². The van der Waals surface area contributed by atoms with E-state index in [9.17, 15) is 14.4 Å². The second kappa shape index (κ2) is 11.0. The van der Waals surface area contributed by atoms with Crippen molar-refractivity contribution in [1.29, 1.82) is 0 Å². The van der Waals surface area contributed by atoms with Crippen LogP contribution >= 0.6 is 15.9 Å². The molecule has 0 unspecified atom stereocenters. The standard InChI is InChI=1S/C25H28BrN3O5/c1-16-11-18(26)4-9-22(16)28-23(30)15-34-20-7-5-19(6-8-20)29-14-17(12-24(29)31)25(32)27-13-21-3-2-10-33-21/h4-9,11,17,21H,2-3,10,12-15H2,1H3,(H,27,32)(H,28,30)/t17-,21-/m1/s1. The van der Waals surface area contributed by atoms with Crippen molar-refractivity contribution in [2.45, 2.75) is 32.3 Å². The van der Waals surface area contributed by atoms with Crippen LogP contribution < -0.4 is 20.3 Å². The molecule has 34 heavy (non-hydrogen) atoms. The lowest BCUT2D eigenvalue weighted by molar-refractivity contribution is -0.126. The summed E-state index contributed by atoms with van der Waals surface area (Å²) in [5.74, 6) is -0.325. The molecule has 4 rings (SSSR count). The van der Waals surface area contributed by atoms with Gasteiger partial charge in [0.1, 0.15) is 5.75 Å². The molecule has 0 radical (unpaired) electrons. The molecule has 2 aromatic carbocycles. The number of aryl methyl sites for hydroxylation is 1. The molecule has 0 spiro atoms. The van der Waals surface area contributed by atoms with Crippen LogP contribution in [0.4, 0.5) is 11.4 Å². The van der Waals surface area contributed by atoms with Crippen molar-refractivity contribution < 1.29 is 23.9 Å². The van der Waals surface area contributed by atoms with E-state index < -0.39 is 0 Å². The number of rotatable bonds is 8. The summed E-state index contributed by atoms with van der Waals surface area (Å²) in [6.07, 6.45) is 2.23. The lowest BCUT2D eigenvalue weighted by Crippen LogP contribution is -2.37. The number of hydrogen-bond acceptors (Lipinski definition) is 5. The Hall–Kier alpha value is -2.91.